The highest BCUT2D eigenvalue weighted by Gasteiger charge is 2.09. The second-order valence-electron chi connectivity index (χ2n) is 3.94. The second kappa shape index (κ2) is 7.30. The molecule has 0 unspecified atom stereocenters. The summed E-state index contributed by atoms with van der Waals surface area (Å²) in [6.07, 6.45) is 1.05. The summed E-state index contributed by atoms with van der Waals surface area (Å²) in [6, 6.07) is 6.10. The maximum absolute atomic E-state index is 11.8. The number of hydrogen-bond donors (Lipinski definition) is 1. The summed E-state index contributed by atoms with van der Waals surface area (Å²) >= 11 is 1.17. The first-order chi connectivity index (χ1) is 9.31. The van der Waals surface area contributed by atoms with Gasteiger partial charge in [-0.25, -0.2) is 8.42 Å². The number of Topliss-reactive ketones (excluding diaryl/α,β-unsaturated/α-hetero) is 1. The number of esters is 1. The molecule has 0 fully saturated rings. The summed E-state index contributed by atoms with van der Waals surface area (Å²) < 4.78 is 28.8. The van der Waals surface area contributed by atoms with E-state index in [1.165, 1.54) is 43.1 Å². The Morgan fingerprint density at radius 2 is 1.80 bits per heavy atom. The van der Waals surface area contributed by atoms with Crippen molar-refractivity contribution in [2.75, 3.05) is 29.6 Å². The zero-order valence-electron chi connectivity index (χ0n) is 11.1. The molecule has 20 heavy (non-hydrogen) atoms. The highest BCUT2D eigenvalue weighted by Crippen LogP contribution is 2.13. The Bertz CT molecular complexity index is 580. The molecule has 1 rings (SSSR count). The highest BCUT2D eigenvalue weighted by molar-refractivity contribution is 8.00. The molecule has 1 N–H and O–H groups in total. The van der Waals surface area contributed by atoms with Crippen molar-refractivity contribution in [3.63, 3.8) is 0 Å². The van der Waals surface area contributed by atoms with Crippen LogP contribution >= 0.6 is 11.8 Å². The number of carbonyl (C=O) groups excluding carboxylic acids is 2. The third kappa shape index (κ3) is 6.07. The predicted molar refractivity (Wildman–Crippen MR) is 78.6 cm³/mol. The van der Waals surface area contributed by atoms with Crippen LogP contribution in [0.15, 0.2) is 24.3 Å². The molecule has 0 aliphatic rings. The molecule has 0 heterocycles. The van der Waals surface area contributed by atoms with Crippen molar-refractivity contribution in [1.82, 2.24) is 0 Å². The van der Waals surface area contributed by atoms with Gasteiger partial charge in [0, 0.05) is 11.3 Å². The van der Waals surface area contributed by atoms with Crippen LogP contribution in [0, 0.1) is 0 Å². The first-order valence-corrected chi connectivity index (χ1v) is 8.62. The smallest absolute Gasteiger partial charge is 0.315 e. The van der Waals surface area contributed by atoms with E-state index >= 15 is 0 Å². The highest BCUT2D eigenvalue weighted by atomic mass is 32.2. The van der Waals surface area contributed by atoms with E-state index in [4.69, 9.17) is 0 Å². The molecule has 0 saturated carbocycles. The van der Waals surface area contributed by atoms with Crippen LogP contribution in [0.3, 0.4) is 0 Å². The number of methoxy groups -OCH3 is 1. The number of ether oxygens (including phenoxy) is 1. The van der Waals surface area contributed by atoms with E-state index in [1.807, 2.05) is 0 Å². The van der Waals surface area contributed by atoms with E-state index in [9.17, 15) is 18.0 Å². The van der Waals surface area contributed by atoms with Gasteiger partial charge in [-0.3, -0.25) is 14.3 Å². The molecule has 0 saturated heterocycles. The van der Waals surface area contributed by atoms with Crippen LogP contribution in [0.2, 0.25) is 0 Å². The normalized spacial score (nSPS) is 10.9. The van der Waals surface area contributed by atoms with Gasteiger partial charge in [-0.15, -0.1) is 11.8 Å². The molecule has 0 aromatic heterocycles. The monoisotopic (exact) mass is 317 g/mol. The Balaban J connectivity index is 2.55. The number of rotatable bonds is 7. The summed E-state index contributed by atoms with van der Waals surface area (Å²) in [5, 5.41) is 0. The Kier molecular flexibility index (Phi) is 6.03. The Morgan fingerprint density at radius 3 is 2.30 bits per heavy atom. The lowest BCUT2D eigenvalue weighted by molar-refractivity contribution is -0.137. The molecule has 0 aliphatic carbocycles. The Hall–Kier alpha value is -1.54. The lowest BCUT2D eigenvalue weighted by Gasteiger charge is -2.05. The van der Waals surface area contributed by atoms with Gasteiger partial charge in [0.15, 0.2) is 5.78 Å². The topological polar surface area (TPSA) is 89.5 Å². The lowest BCUT2D eigenvalue weighted by Crippen LogP contribution is -2.10. The second-order valence-corrected chi connectivity index (χ2v) is 6.68. The molecule has 1 aromatic rings. The number of ketones is 1. The lowest BCUT2D eigenvalue weighted by atomic mass is 10.1. The molecule has 0 aliphatic heterocycles. The standard InChI is InChI=1S/C12H15NO5S2/c1-18-12(15)8-19-7-11(14)9-3-5-10(6-4-9)13-20(2,16)17/h3-6,13H,7-8H2,1-2H3. The summed E-state index contributed by atoms with van der Waals surface area (Å²) in [5.74, 6) is -0.232. The van der Waals surface area contributed by atoms with E-state index in [0.29, 0.717) is 11.3 Å². The van der Waals surface area contributed by atoms with Crippen molar-refractivity contribution in [1.29, 1.82) is 0 Å². The molecule has 6 nitrogen and oxygen atoms in total. The fourth-order valence-electron chi connectivity index (χ4n) is 1.31. The number of carbonyl (C=O) groups is 2. The molecular weight excluding hydrogens is 302 g/mol. The SMILES string of the molecule is COC(=O)CSCC(=O)c1ccc(NS(C)(=O)=O)cc1. The van der Waals surface area contributed by atoms with E-state index in [1.54, 1.807) is 0 Å². The molecule has 0 bridgehead atoms. The van der Waals surface area contributed by atoms with Crippen molar-refractivity contribution in [3.8, 4) is 0 Å². The van der Waals surface area contributed by atoms with Crippen molar-refractivity contribution in [3.05, 3.63) is 29.8 Å². The molecule has 110 valence electrons. The maximum atomic E-state index is 11.8. The minimum Gasteiger partial charge on any atom is -0.468 e. The quantitative estimate of drug-likeness (QED) is 0.599. The van der Waals surface area contributed by atoms with Crippen molar-refractivity contribution >= 4 is 39.2 Å². The predicted octanol–water partition coefficient (Wildman–Crippen LogP) is 1.15. The first-order valence-electron chi connectivity index (χ1n) is 5.57. The average Bonchev–Trinajstić information content (AvgIpc) is 2.37. The largest absolute Gasteiger partial charge is 0.468 e. The fraction of sp³-hybridized carbons (Fsp3) is 0.333. The average molecular weight is 317 g/mol. The van der Waals surface area contributed by atoms with Crippen LogP contribution in [-0.4, -0.2) is 45.0 Å². The minimum absolute atomic E-state index is 0.121. The zero-order valence-corrected chi connectivity index (χ0v) is 12.7. The van der Waals surface area contributed by atoms with Crippen LogP contribution in [0.5, 0.6) is 0 Å². The molecule has 0 radical (unpaired) electrons. The number of sulfonamides is 1. The third-order valence-corrected chi connectivity index (χ3v) is 3.70. The van der Waals surface area contributed by atoms with E-state index < -0.39 is 10.0 Å². The van der Waals surface area contributed by atoms with Gasteiger partial charge in [0.2, 0.25) is 10.0 Å². The fourth-order valence-corrected chi connectivity index (χ4v) is 2.61. The van der Waals surface area contributed by atoms with Crippen LogP contribution in [0.4, 0.5) is 5.69 Å². The summed E-state index contributed by atoms with van der Waals surface area (Å²) in [6.45, 7) is 0. The molecule has 0 amide bonds. The number of thioether (sulfide) groups is 1. The van der Waals surface area contributed by atoms with Crippen molar-refractivity contribution < 1.29 is 22.7 Å². The van der Waals surface area contributed by atoms with Gasteiger partial charge in [0.25, 0.3) is 0 Å². The van der Waals surface area contributed by atoms with Crippen LogP contribution in [0.1, 0.15) is 10.4 Å². The number of nitrogens with one attached hydrogen (secondary N) is 1. The molecular formula is C12H15NO5S2. The molecule has 0 spiro atoms. The molecule has 0 atom stereocenters. The minimum atomic E-state index is -3.33. The van der Waals surface area contributed by atoms with Crippen LogP contribution < -0.4 is 4.72 Å². The molecule has 8 heteroatoms. The van der Waals surface area contributed by atoms with Gasteiger partial charge in [-0.05, 0) is 24.3 Å². The summed E-state index contributed by atoms with van der Waals surface area (Å²) in [5.41, 5.74) is 0.854. The number of anilines is 1. The Labute approximate surface area is 121 Å². The third-order valence-electron chi connectivity index (χ3n) is 2.19. The summed E-state index contributed by atoms with van der Waals surface area (Å²) in [7, 11) is -2.04. The maximum Gasteiger partial charge on any atom is 0.315 e. The van der Waals surface area contributed by atoms with E-state index in [0.717, 1.165) is 6.26 Å². The van der Waals surface area contributed by atoms with Gasteiger partial charge >= 0.3 is 5.97 Å². The van der Waals surface area contributed by atoms with Crippen molar-refractivity contribution in [2.24, 2.45) is 0 Å². The van der Waals surface area contributed by atoms with Crippen LogP contribution in [0.25, 0.3) is 0 Å². The first kappa shape index (κ1) is 16.5. The van der Waals surface area contributed by atoms with Crippen LogP contribution in [-0.2, 0) is 19.6 Å². The zero-order chi connectivity index (χ0) is 15.2. The molecule has 1 aromatic carbocycles. The summed E-state index contributed by atoms with van der Waals surface area (Å²) in [4.78, 5) is 22.7. The van der Waals surface area contributed by atoms with Gasteiger partial charge < -0.3 is 4.74 Å². The number of benzene rings is 1. The Morgan fingerprint density at radius 1 is 1.20 bits per heavy atom. The van der Waals surface area contributed by atoms with Gasteiger partial charge in [-0.1, -0.05) is 0 Å². The van der Waals surface area contributed by atoms with E-state index in [-0.39, 0.29) is 23.3 Å². The van der Waals surface area contributed by atoms with Gasteiger partial charge in [-0.2, -0.15) is 0 Å². The van der Waals surface area contributed by atoms with Crippen molar-refractivity contribution in [2.45, 2.75) is 0 Å². The van der Waals surface area contributed by atoms with Gasteiger partial charge in [0.05, 0.1) is 24.9 Å². The number of hydrogen-bond acceptors (Lipinski definition) is 6. The van der Waals surface area contributed by atoms with E-state index in [2.05, 4.69) is 9.46 Å². The van der Waals surface area contributed by atoms with Gasteiger partial charge in [0.1, 0.15) is 0 Å².